The number of aromatic hydroxyl groups is 1. The van der Waals surface area contributed by atoms with E-state index in [0.29, 0.717) is 5.75 Å². The summed E-state index contributed by atoms with van der Waals surface area (Å²) in [5.74, 6) is 0.348. The van der Waals surface area contributed by atoms with E-state index in [-0.39, 0.29) is 6.10 Å². The molecule has 1 aliphatic rings. The van der Waals surface area contributed by atoms with Gasteiger partial charge in [-0.15, -0.1) is 0 Å². The number of benzene rings is 2. The molecule has 2 aromatic carbocycles. The van der Waals surface area contributed by atoms with E-state index in [4.69, 9.17) is 0 Å². The molecule has 0 spiro atoms. The summed E-state index contributed by atoms with van der Waals surface area (Å²) in [6.45, 7) is 2.51. The van der Waals surface area contributed by atoms with Crippen molar-refractivity contribution in [2.45, 2.75) is 25.5 Å². The Morgan fingerprint density at radius 2 is 1.67 bits per heavy atom. The van der Waals surface area contributed by atoms with Gasteiger partial charge in [-0.3, -0.25) is 4.90 Å². The third kappa shape index (κ3) is 3.43. The summed E-state index contributed by atoms with van der Waals surface area (Å²) in [6, 6.07) is 16.0. The quantitative estimate of drug-likeness (QED) is 0.910. The molecule has 0 unspecified atom stereocenters. The smallest absolute Gasteiger partial charge is 0.120 e. The molecular weight excluding hydrogens is 262 g/mol. The summed E-state index contributed by atoms with van der Waals surface area (Å²) < 4.78 is 0. The molecule has 0 bridgehead atoms. The summed E-state index contributed by atoms with van der Waals surface area (Å²) >= 11 is 0. The van der Waals surface area contributed by atoms with Crippen LogP contribution < -0.4 is 0 Å². The van der Waals surface area contributed by atoms with Gasteiger partial charge in [0.2, 0.25) is 0 Å². The number of phenols is 1. The predicted molar refractivity (Wildman–Crippen MR) is 84.1 cm³/mol. The molecule has 2 N–H and O–H groups in total. The molecule has 0 amide bonds. The average Bonchev–Trinajstić information content (AvgIpc) is 2.52. The lowest BCUT2D eigenvalue weighted by Gasteiger charge is -2.29. The van der Waals surface area contributed by atoms with Gasteiger partial charge in [-0.2, -0.15) is 0 Å². The van der Waals surface area contributed by atoms with Gasteiger partial charge < -0.3 is 10.2 Å². The van der Waals surface area contributed by atoms with E-state index in [0.717, 1.165) is 49.2 Å². The normalized spacial score (nSPS) is 17.0. The van der Waals surface area contributed by atoms with Crippen LogP contribution in [0.3, 0.4) is 0 Å². The Balaban J connectivity index is 1.79. The lowest BCUT2D eigenvalue weighted by atomic mass is 10.0. The number of phenolic OH excluding ortho intramolecular Hbond substituents is 1. The number of rotatable bonds is 3. The second-order valence-corrected chi connectivity index (χ2v) is 5.72. The van der Waals surface area contributed by atoms with Crippen molar-refractivity contribution in [1.29, 1.82) is 0 Å². The van der Waals surface area contributed by atoms with Gasteiger partial charge in [-0.05, 0) is 36.1 Å². The summed E-state index contributed by atoms with van der Waals surface area (Å²) in [6.07, 6.45) is 1.48. The molecular formula is C18H21NO2. The Labute approximate surface area is 125 Å². The van der Waals surface area contributed by atoms with Crippen LogP contribution in [0.5, 0.6) is 5.75 Å². The molecule has 1 saturated heterocycles. The van der Waals surface area contributed by atoms with Crippen molar-refractivity contribution in [3.63, 3.8) is 0 Å². The van der Waals surface area contributed by atoms with Crippen LogP contribution in [0.15, 0.2) is 48.5 Å². The highest BCUT2D eigenvalue weighted by Gasteiger charge is 2.18. The number of nitrogens with zero attached hydrogens (tertiary/aromatic N) is 1. The van der Waals surface area contributed by atoms with E-state index in [1.54, 1.807) is 6.07 Å². The third-order valence-electron chi connectivity index (χ3n) is 4.14. The van der Waals surface area contributed by atoms with Crippen molar-refractivity contribution in [2.24, 2.45) is 0 Å². The first kappa shape index (κ1) is 14.1. The van der Waals surface area contributed by atoms with Crippen LogP contribution in [-0.4, -0.2) is 34.3 Å². The molecule has 1 fully saturated rings. The molecule has 3 heteroatoms. The SMILES string of the molecule is Oc1ccc(-c2ccccc2)cc1CN1CCC(O)CC1. The van der Waals surface area contributed by atoms with Gasteiger partial charge in [0.15, 0.2) is 0 Å². The number of hydrogen-bond donors (Lipinski definition) is 2. The van der Waals surface area contributed by atoms with Crippen LogP contribution in [-0.2, 0) is 6.54 Å². The van der Waals surface area contributed by atoms with Crippen LogP contribution in [0.2, 0.25) is 0 Å². The maximum Gasteiger partial charge on any atom is 0.120 e. The van der Waals surface area contributed by atoms with E-state index in [1.807, 2.05) is 24.3 Å². The topological polar surface area (TPSA) is 43.7 Å². The fourth-order valence-corrected chi connectivity index (χ4v) is 2.84. The van der Waals surface area contributed by atoms with E-state index in [2.05, 4.69) is 23.1 Å². The van der Waals surface area contributed by atoms with Crippen molar-refractivity contribution >= 4 is 0 Å². The largest absolute Gasteiger partial charge is 0.508 e. The minimum Gasteiger partial charge on any atom is -0.508 e. The maximum atomic E-state index is 10.1. The number of piperidine rings is 1. The lowest BCUT2D eigenvalue weighted by Crippen LogP contribution is -2.35. The average molecular weight is 283 g/mol. The van der Waals surface area contributed by atoms with Gasteiger partial charge >= 0.3 is 0 Å². The molecule has 0 radical (unpaired) electrons. The zero-order chi connectivity index (χ0) is 14.7. The summed E-state index contributed by atoms with van der Waals surface area (Å²) in [5, 5.41) is 19.7. The summed E-state index contributed by atoms with van der Waals surface area (Å²) in [5.41, 5.74) is 3.24. The zero-order valence-electron chi connectivity index (χ0n) is 12.1. The molecule has 0 aliphatic carbocycles. The Bertz CT molecular complexity index is 589. The third-order valence-corrected chi connectivity index (χ3v) is 4.14. The molecule has 110 valence electrons. The van der Waals surface area contributed by atoms with Crippen LogP contribution in [0.4, 0.5) is 0 Å². The Hall–Kier alpha value is -1.84. The minimum absolute atomic E-state index is 0.162. The molecule has 2 aromatic rings. The lowest BCUT2D eigenvalue weighted by molar-refractivity contribution is 0.0789. The Morgan fingerprint density at radius 3 is 2.38 bits per heavy atom. The zero-order valence-corrected chi connectivity index (χ0v) is 12.1. The first-order valence-corrected chi connectivity index (χ1v) is 7.50. The van der Waals surface area contributed by atoms with Crippen LogP contribution in [0.25, 0.3) is 11.1 Å². The van der Waals surface area contributed by atoms with Gasteiger partial charge in [0.05, 0.1) is 6.10 Å². The first-order valence-electron chi connectivity index (χ1n) is 7.50. The maximum absolute atomic E-state index is 10.1. The molecule has 21 heavy (non-hydrogen) atoms. The minimum atomic E-state index is -0.162. The second kappa shape index (κ2) is 6.29. The van der Waals surface area contributed by atoms with Crippen LogP contribution in [0, 0.1) is 0 Å². The Kier molecular flexibility index (Phi) is 4.23. The summed E-state index contributed by atoms with van der Waals surface area (Å²) in [7, 11) is 0. The van der Waals surface area contributed by atoms with Crippen molar-refractivity contribution in [3.8, 4) is 16.9 Å². The number of likely N-dealkylation sites (tertiary alicyclic amines) is 1. The van der Waals surface area contributed by atoms with Crippen molar-refractivity contribution in [2.75, 3.05) is 13.1 Å². The fourth-order valence-electron chi connectivity index (χ4n) is 2.84. The highest BCUT2D eigenvalue weighted by molar-refractivity contribution is 5.65. The fraction of sp³-hybridized carbons (Fsp3) is 0.333. The number of aliphatic hydroxyl groups excluding tert-OH is 1. The van der Waals surface area contributed by atoms with Gasteiger partial charge in [0.25, 0.3) is 0 Å². The number of hydrogen-bond acceptors (Lipinski definition) is 3. The highest BCUT2D eigenvalue weighted by atomic mass is 16.3. The molecule has 0 atom stereocenters. The van der Waals surface area contributed by atoms with E-state index < -0.39 is 0 Å². The van der Waals surface area contributed by atoms with Crippen LogP contribution >= 0.6 is 0 Å². The van der Waals surface area contributed by atoms with E-state index in [1.165, 1.54) is 0 Å². The first-order chi connectivity index (χ1) is 10.2. The molecule has 3 rings (SSSR count). The van der Waals surface area contributed by atoms with Crippen molar-refractivity contribution in [3.05, 3.63) is 54.1 Å². The van der Waals surface area contributed by atoms with Gasteiger partial charge in [-0.25, -0.2) is 0 Å². The molecule has 3 nitrogen and oxygen atoms in total. The molecule has 0 saturated carbocycles. The van der Waals surface area contributed by atoms with Crippen LogP contribution in [0.1, 0.15) is 18.4 Å². The van der Waals surface area contributed by atoms with Gasteiger partial charge in [0, 0.05) is 25.2 Å². The molecule has 1 aliphatic heterocycles. The monoisotopic (exact) mass is 283 g/mol. The Morgan fingerprint density at radius 1 is 0.952 bits per heavy atom. The number of aliphatic hydroxyl groups is 1. The van der Waals surface area contributed by atoms with E-state index in [9.17, 15) is 10.2 Å². The molecule has 1 heterocycles. The summed E-state index contributed by atoms with van der Waals surface area (Å²) in [4.78, 5) is 2.29. The molecule has 0 aromatic heterocycles. The predicted octanol–water partition coefficient (Wildman–Crippen LogP) is 3.02. The second-order valence-electron chi connectivity index (χ2n) is 5.72. The van der Waals surface area contributed by atoms with E-state index >= 15 is 0 Å². The van der Waals surface area contributed by atoms with Crippen molar-refractivity contribution in [1.82, 2.24) is 4.90 Å². The highest BCUT2D eigenvalue weighted by Crippen LogP contribution is 2.27. The standard InChI is InChI=1S/C18H21NO2/c20-17-8-10-19(11-9-17)13-16-12-15(6-7-18(16)21)14-4-2-1-3-5-14/h1-7,12,17,20-21H,8-11,13H2. The van der Waals surface area contributed by atoms with Gasteiger partial charge in [-0.1, -0.05) is 36.4 Å². The van der Waals surface area contributed by atoms with Gasteiger partial charge in [0.1, 0.15) is 5.75 Å². The van der Waals surface area contributed by atoms with Crippen molar-refractivity contribution < 1.29 is 10.2 Å².